The number of aromatic nitrogens is 4. The van der Waals surface area contributed by atoms with E-state index in [-0.39, 0.29) is 31.1 Å². The van der Waals surface area contributed by atoms with Gasteiger partial charge in [0.05, 0.1) is 29.4 Å². The van der Waals surface area contributed by atoms with E-state index in [1.165, 1.54) is 9.47 Å². The first-order chi connectivity index (χ1) is 14.1. The Labute approximate surface area is 173 Å². The second-order valence-corrected chi connectivity index (χ2v) is 7.87. The van der Waals surface area contributed by atoms with Gasteiger partial charge in [-0.05, 0) is 25.3 Å². The maximum atomic E-state index is 13.5. The van der Waals surface area contributed by atoms with Crippen LogP contribution in [0.4, 0.5) is 17.6 Å². The highest BCUT2D eigenvalue weighted by Crippen LogP contribution is 2.34. The molecule has 2 aromatic rings. The molecule has 2 aliphatic rings. The van der Waals surface area contributed by atoms with Gasteiger partial charge in [-0.1, -0.05) is 11.6 Å². The van der Waals surface area contributed by atoms with E-state index < -0.39 is 34.7 Å². The van der Waals surface area contributed by atoms with Crippen molar-refractivity contribution >= 4 is 17.5 Å². The molecule has 0 bridgehead atoms. The van der Waals surface area contributed by atoms with Crippen LogP contribution < -0.4 is 5.69 Å². The number of hydrogen-bond acceptors (Lipinski definition) is 4. The largest absolute Gasteiger partial charge is 0.417 e. The van der Waals surface area contributed by atoms with E-state index in [1.807, 2.05) is 0 Å². The lowest BCUT2D eigenvalue weighted by Crippen LogP contribution is -2.41. The fourth-order valence-electron chi connectivity index (χ4n) is 3.94. The van der Waals surface area contributed by atoms with Gasteiger partial charge in [0.15, 0.2) is 0 Å². The summed E-state index contributed by atoms with van der Waals surface area (Å²) >= 11 is 5.58. The zero-order valence-corrected chi connectivity index (χ0v) is 16.5. The first kappa shape index (κ1) is 20.8. The smallest absolute Gasteiger partial charge is 0.338 e. The molecule has 1 fully saturated rings. The second-order valence-electron chi connectivity index (χ2n) is 7.46. The van der Waals surface area contributed by atoms with Gasteiger partial charge in [-0.25, -0.2) is 13.9 Å². The molecule has 0 radical (unpaired) electrons. The van der Waals surface area contributed by atoms with Crippen molar-refractivity contribution in [2.24, 2.45) is 0 Å². The van der Waals surface area contributed by atoms with Gasteiger partial charge < -0.3 is 4.90 Å². The molecule has 12 heteroatoms. The van der Waals surface area contributed by atoms with Crippen molar-refractivity contribution in [3.8, 4) is 0 Å². The van der Waals surface area contributed by atoms with Gasteiger partial charge in [0.25, 0.3) is 0 Å². The number of carbonyl (C=O) groups excluding carboxylic acids is 1. The van der Waals surface area contributed by atoms with Crippen LogP contribution in [0.5, 0.6) is 0 Å². The molecule has 0 spiro atoms. The summed E-state index contributed by atoms with van der Waals surface area (Å²) in [7, 11) is 0. The third-order valence-electron chi connectivity index (χ3n) is 5.39. The fourth-order valence-corrected chi connectivity index (χ4v) is 4.15. The molecular formula is C18H18ClF4N5O2. The Morgan fingerprint density at radius 3 is 2.73 bits per heavy atom. The number of fused-ring (bicyclic) bond motifs is 1. The molecule has 2 aliphatic heterocycles. The molecule has 0 saturated carbocycles. The predicted molar refractivity (Wildman–Crippen MR) is 97.9 cm³/mol. The van der Waals surface area contributed by atoms with Gasteiger partial charge in [0, 0.05) is 19.2 Å². The van der Waals surface area contributed by atoms with Crippen LogP contribution >= 0.6 is 11.6 Å². The number of nitrogens with zero attached hydrogens (tertiary/aromatic N) is 5. The Hall–Kier alpha value is -2.43. The van der Waals surface area contributed by atoms with Crippen LogP contribution in [0, 0.1) is 0 Å². The van der Waals surface area contributed by atoms with Crippen LogP contribution in [0.3, 0.4) is 0 Å². The molecule has 30 heavy (non-hydrogen) atoms. The first-order valence-corrected chi connectivity index (χ1v) is 9.85. The zero-order valence-electron chi connectivity index (χ0n) is 15.7. The molecule has 0 N–H and O–H groups in total. The molecule has 162 valence electrons. The number of carbonyl (C=O) groups is 1. The van der Waals surface area contributed by atoms with Crippen LogP contribution in [0.2, 0.25) is 5.02 Å². The van der Waals surface area contributed by atoms with E-state index in [1.54, 1.807) is 0 Å². The average Bonchev–Trinajstić information content (AvgIpc) is 3.25. The number of alkyl halides is 4. The summed E-state index contributed by atoms with van der Waals surface area (Å²) < 4.78 is 55.0. The number of hydrogen-bond donors (Lipinski definition) is 0. The highest BCUT2D eigenvalue weighted by Gasteiger charge is 2.37. The molecule has 4 heterocycles. The Kier molecular flexibility index (Phi) is 5.33. The van der Waals surface area contributed by atoms with Crippen LogP contribution in [0.1, 0.15) is 42.4 Å². The third kappa shape index (κ3) is 3.82. The van der Waals surface area contributed by atoms with Crippen LogP contribution in [0.15, 0.2) is 17.1 Å². The van der Waals surface area contributed by atoms with Gasteiger partial charge in [0.1, 0.15) is 18.0 Å². The Bertz CT molecular complexity index is 1030. The minimum atomic E-state index is -4.66. The summed E-state index contributed by atoms with van der Waals surface area (Å²) in [4.78, 5) is 31.0. The summed E-state index contributed by atoms with van der Waals surface area (Å²) in [5.41, 5.74) is -1.69. The molecule has 2 aromatic heterocycles. The normalized spacial score (nSPS) is 21.7. The Balaban J connectivity index is 1.63. The SMILES string of the molecule is O=C([C@@H]1CCCc2nn(Cc3cc(C(F)(F)F)c(Cl)cn3)c(=O)n21)N1CC[C@H](F)C1. The van der Waals surface area contributed by atoms with E-state index in [9.17, 15) is 27.2 Å². The van der Waals surface area contributed by atoms with Crippen LogP contribution in [-0.2, 0) is 23.9 Å². The summed E-state index contributed by atoms with van der Waals surface area (Å²) in [5.74, 6) is 0.0485. The summed E-state index contributed by atoms with van der Waals surface area (Å²) in [5, 5.41) is 3.67. The Morgan fingerprint density at radius 1 is 1.30 bits per heavy atom. The molecular weight excluding hydrogens is 430 g/mol. The fraction of sp³-hybridized carbons (Fsp3) is 0.556. The number of rotatable bonds is 3. The van der Waals surface area contributed by atoms with Gasteiger partial charge in [0.2, 0.25) is 5.91 Å². The van der Waals surface area contributed by atoms with Crippen molar-refractivity contribution in [2.45, 2.75) is 50.6 Å². The van der Waals surface area contributed by atoms with E-state index in [0.717, 1.165) is 16.9 Å². The number of pyridine rings is 1. The standard InChI is InChI=1S/C18H18ClF4N5O2/c19-13-7-24-11(6-12(13)18(21,22)23)9-27-17(30)28-14(2-1-3-15(28)25-27)16(29)26-5-4-10(20)8-26/h6-7,10,14H,1-5,8-9H2/t10-,14-/m0/s1. The summed E-state index contributed by atoms with van der Waals surface area (Å²) in [6, 6.07) is -0.00864. The van der Waals surface area contributed by atoms with Crippen molar-refractivity contribution in [3.05, 3.63) is 44.9 Å². The van der Waals surface area contributed by atoms with Gasteiger partial charge >= 0.3 is 11.9 Å². The van der Waals surface area contributed by atoms with Crippen molar-refractivity contribution in [2.75, 3.05) is 13.1 Å². The number of halogens is 5. The summed E-state index contributed by atoms with van der Waals surface area (Å²) in [6.45, 7) is 0.00235. The monoisotopic (exact) mass is 447 g/mol. The molecule has 0 aromatic carbocycles. The lowest BCUT2D eigenvalue weighted by atomic mass is 10.0. The number of amides is 1. The molecule has 1 saturated heterocycles. The van der Waals surface area contributed by atoms with Crippen molar-refractivity contribution < 1.29 is 22.4 Å². The third-order valence-corrected chi connectivity index (χ3v) is 5.69. The van der Waals surface area contributed by atoms with E-state index in [2.05, 4.69) is 10.1 Å². The molecule has 1 amide bonds. The molecule has 0 unspecified atom stereocenters. The average molecular weight is 448 g/mol. The molecule has 2 atom stereocenters. The quantitative estimate of drug-likeness (QED) is 0.678. The van der Waals surface area contributed by atoms with Crippen LogP contribution in [0.25, 0.3) is 0 Å². The maximum Gasteiger partial charge on any atom is 0.417 e. The first-order valence-electron chi connectivity index (χ1n) is 9.48. The minimum Gasteiger partial charge on any atom is -0.338 e. The van der Waals surface area contributed by atoms with Crippen molar-refractivity contribution in [1.29, 1.82) is 0 Å². The van der Waals surface area contributed by atoms with Gasteiger partial charge in [-0.15, -0.1) is 0 Å². The topological polar surface area (TPSA) is 73.0 Å². The highest BCUT2D eigenvalue weighted by molar-refractivity contribution is 6.31. The van der Waals surface area contributed by atoms with Crippen molar-refractivity contribution in [3.63, 3.8) is 0 Å². The lowest BCUT2D eigenvalue weighted by molar-refractivity contribution is -0.137. The minimum absolute atomic E-state index is 0.00245. The van der Waals surface area contributed by atoms with Gasteiger partial charge in [-0.3, -0.25) is 14.3 Å². The predicted octanol–water partition coefficient (Wildman–Crippen LogP) is 2.61. The van der Waals surface area contributed by atoms with Crippen molar-refractivity contribution in [1.82, 2.24) is 24.2 Å². The maximum absolute atomic E-state index is 13.5. The second kappa shape index (κ2) is 7.68. The van der Waals surface area contributed by atoms with E-state index in [0.29, 0.717) is 31.6 Å². The molecule has 4 rings (SSSR count). The van der Waals surface area contributed by atoms with E-state index in [4.69, 9.17) is 11.6 Å². The zero-order chi connectivity index (χ0) is 21.6. The number of aryl methyl sites for hydroxylation is 1. The number of likely N-dealkylation sites (tertiary alicyclic amines) is 1. The van der Waals surface area contributed by atoms with Gasteiger partial charge in [-0.2, -0.15) is 18.3 Å². The summed E-state index contributed by atoms with van der Waals surface area (Å²) in [6.07, 6.45) is -3.08. The molecule has 0 aliphatic carbocycles. The van der Waals surface area contributed by atoms with E-state index >= 15 is 0 Å². The lowest BCUT2D eigenvalue weighted by Gasteiger charge is -2.26. The van der Waals surface area contributed by atoms with Crippen LogP contribution in [-0.4, -0.2) is 49.4 Å². The molecule has 7 nitrogen and oxygen atoms in total. The highest BCUT2D eigenvalue weighted by atomic mass is 35.5. The Morgan fingerprint density at radius 2 is 2.07 bits per heavy atom.